The molecule has 1 aromatic heterocycles. The lowest BCUT2D eigenvalue weighted by Gasteiger charge is -2.18. The van der Waals surface area contributed by atoms with E-state index >= 15 is 0 Å². The molecule has 2 amide bonds. The molecule has 2 bridgehead atoms. The van der Waals surface area contributed by atoms with Gasteiger partial charge in [0.15, 0.2) is 5.13 Å². The molecule has 5 heteroatoms. The molecule has 0 radical (unpaired) electrons. The number of hydrogen-bond acceptors (Lipinski definition) is 4. The van der Waals surface area contributed by atoms with Gasteiger partial charge in [-0.05, 0) is 45.4 Å². The maximum atomic E-state index is 13.2. The Morgan fingerprint density at radius 1 is 1.04 bits per heavy atom. The number of allylic oxidation sites excluding steroid dienone is 2. The smallest absolute Gasteiger partial charge is 0.240 e. The molecule has 2 heterocycles. The van der Waals surface area contributed by atoms with Gasteiger partial charge >= 0.3 is 0 Å². The topological polar surface area (TPSA) is 50.3 Å². The third kappa shape index (κ3) is 2.30. The highest BCUT2D eigenvalue weighted by Gasteiger charge is 2.64. The molecule has 0 spiro atoms. The molecule has 27 heavy (non-hydrogen) atoms. The van der Waals surface area contributed by atoms with E-state index in [9.17, 15) is 9.59 Å². The third-order valence-corrected chi connectivity index (χ3v) is 7.29. The van der Waals surface area contributed by atoms with Crippen molar-refractivity contribution in [1.82, 2.24) is 4.98 Å². The van der Waals surface area contributed by atoms with Gasteiger partial charge in [-0.1, -0.05) is 41.0 Å². The van der Waals surface area contributed by atoms with E-state index in [2.05, 4.69) is 18.8 Å². The molecule has 1 aliphatic heterocycles. The number of anilines is 1. The normalized spacial score (nSPS) is 29.0. The molecule has 2 aromatic rings. The van der Waals surface area contributed by atoms with Gasteiger partial charge in [-0.25, -0.2) is 9.88 Å². The second-order valence-corrected chi connectivity index (χ2v) is 9.03. The van der Waals surface area contributed by atoms with Crippen LogP contribution in [0.5, 0.6) is 0 Å². The Morgan fingerprint density at radius 3 is 2.19 bits per heavy atom. The summed E-state index contributed by atoms with van der Waals surface area (Å²) in [5, 5.41) is 2.46. The minimum atomic E-state index is -0.173. The van der Waals surface area contributed by atoms with E-state index in [1.807, 2.05) is 36.6 Å². The fourth-order valence-corrected chi connectivity index (χ4v) is 6.25. The van der Waals surface area contributed by atoms with Crippen LogP contribution in [-0.2, 0) is 9.59 Å². The molecule has 2 aliphatic carbocycles. The molecule has 4 nitrogen and oxygen atoms in total. The van der Waals surface area contributed by atoms with Crippen molar-refractivity contribution in [2.45, 2.75) is 33.6 Å². The molecule has 1 aromatic carbocycles. The first-order chi connectivity index (χ1) is 13.0. The van der Waals surface area contributed by atoms with Gasteiger partial charge in [-0.3, -0.25) is 9.59 Å². The van der Waals surface area contributed by atoms with Crippen molar-refractivity contribution in [2.24, 2.45) is 23.7 Å². The highest BCUT2D eigenvalue weighted by Crippen LogP contribution is 2.60. The van der Waals surface area contributed by atoms with Crippen LogP contribution in [0.3, 0.4) is 0 Å². The summed E-state index contributed by atoms with van der Waals surface area (Å²) in [6, 6.07) is 8.14. The number of carbonyl (C=O) groups is 2. The fraction of sp³-hybridized carbons (Fsp3) is 0.409. The predicted octanol–water partition coefficient (Wildman–Crippen LogP) is 4.60. The van der Waals surface area contributed by atoms with E-state index in [0.717, 1.165) is 24.1 Å². The van der Waals surface area contributed by atoms with Crippen molar-refractivity contribution >= 4 is 28.3 Å². The molecule has 1 saturated heterocycles. The zero-order valence-corrected chi connectivity index (χ0v) is 16.5. The molecule has 0 N–H and O–H groups in total. The minimum Gasteiger partial charge on any atom is -0.274 e. The SMILES string of the molecule is CC(C)=C1C2CCC1C1C(=O)N(c3nc(-c4ccc(C)cc4)cs3)C(=O)C21. The first kappa shape index (κ1) is 16.9. The number of carbonyl (C=O) groups excluding carboxylic acids is 2. The second kappa shape index (κ2) is 5.86. The van der Waals surface area contributed by atoms with Crippen LogP contribution in [0.2, 0.25) is 0 Å². The van der Waals surface area contributed by atoms with Crippen molar-refractivity contribution < 1.29 is 9.59 Å². The van der Waals surface area contributed by atoms with E-state index in [1.165, 1.54) is 32.9 Å². The average Bonchev–Trinajstić information content (AvgIpc) is 3.38. The summed E-state index contributed by atoms with van der Waals surface area (Å²) in [7, 11) is 0. The molecule has 2 saturated carbocycles. The van der Waals surface area contributed by atoms with Crippen molar-refractivity contribution in [3.05, 3.63) is 46.4 Å². The summed E-state index contributed by atoms with van der Waals surface area (Å²) in [6.45, 7) is 6.28. The molecule has 5 rings (SSSR count). The number of amides is 2. The lowest BCUT2D eigenvalue weighted by atomic mass is 9.81. The van der Waals surface area contributed by atoms with Gasteiger partial charge in [0.05, 0.1) is 17.5 Å². The molecule has 3 aliphatic rings. The van der Waals surface area contributed by atoms with Gasteiger partial charge in [0.25, 0.3) is 0 Å². The Kier molecular flexibility index (Phi) is 3.66. The van der Waals surface area contributed by atoms with Crippen molar-refractivity contribution in [3.63, 3.8) is 0 Å². The van der Waals surface area contributed by atoms with Crippen molar-refractivity contribution in [1.29, 1.82) is 0 Å². The van der Waals surface area contributed by atoms with Crippen LogP contribution >= 0.6 is 11.3 Å². The standard InChI is InChI=1S/C22H22N2O2S/c1-11(2)17-14-8-9-15(17)19-18(14)20(25)24(21(19)26)22-23-16(10-27-22)13-6-4-12(3)5-7-13/h4-7,10,14-15,18-19H,8-9H2,1-3H3. The number of rotatable bonds is 2. The summed E-state index contributed by atoms with van der Waals surface area (Å²) < 4.78 is 0. The van der Waals surface area contributed by atoms with E-state index in [4.69, 9.17) is 0 Å². The van der Waals surface area contributed by atoms with Crippen LogP contribution in [0, 0.1) is 30.6 Å². The van der Waals surface area contributed by atoms with E-state index in [1.54, 1.807) is 0 Å². The number of benzene rings is 1. The Bertz CT molecular complexity index is 952. The maximum absolute atomic E-state index is 13.2. The first-order valence-corrected chi connectivity index (χ1v) is 10.4. The lowest BCUT2D eigenvalue weighted by Crippen LogP contribution is -2.33. The van der Waals surface area contributed by atoms with E-state index in [0.29, 0.717) is 5.13 Å². The Hall–Kier alpha value is -2.27. The Balaban J connectivity index is 1.49. The monoisotopic (exact) mass is 378 g/mol. The van der Waals surface area contributed by atoms with Gasteiger partial charge in [0.1, 0.15) is 0 Å². The third-order valence-electron chi connectivity index (χ3n) is 6.46. The van der Waals surface area contributed by atoms with Crippen LogP contribution in [0.15, 0.2) is 40.8 Å². The second-order valence-electron chi connectivity index (χ2n) is 8.19. The molecule has 4 atom stereocenters. The van der Waals surface area contributed by atoms with Crippen molar-refractivity contribution in [3.8, 4) is 11.3 Å². The summed E-state index contributed by atoms with van der Waals surface area (Å²) in [6.07, 6.45) is 2.07. The number of hydrogen-bond donors (Lipinski definition) is 0. The number of imide groups is 1. The highest BCUT2D eigenvalue weighted by atomic mass is 32.1. The minimum absolute atomic E-state index is 0.0410. The van der Waals surface area contributed by atoms with Crippen molar-refractivity contribution in [2.75, 3.05) is 4.90 Å². The number of aryl methyl sites for hydroxylation is 1. The number of aromatic nitrogens is 1. The van der Waals surface area contributed by atoms with Gasteiger partial charge in [-0.2, -0.15) is 0 Å². The largest absolute Gasteiger partial charge is 0.274 e. The molecule has 138 valence electrons. The van der Waals surface area contributed by atoms with Gasteiger partial charge in [0, 0.05) is 10.9 Å². The maximum Gasteiger partial charge on any atom is 0.240 e. The summed E-state index contributed by atoms with van der Waals surface area (Å²) in [5.41, 5.74) is 5.69. The molecule has 4 unspecified atom stereocenters. The van der Waals surface area contributed by atoms with Gasteiger partial charge in [0.2, 0.25) is 11.8 Å². The highest BCUT2D eigenvalue weighted by molar-refractivity contribution is 7.14. The summed E-state index contributed by atoms with van der Waals surface area (Å²) in [4.78, 5) is 32.4. The van der Waals surface area contributed by atoms with Crippen LogP contribution < -0.4 is 4.90 Å². The zero-order valence-electron chi connectivity index (χ0n) is 15.7. The van der Waals surface area contributed by atoms with Crippen LogP contribution in [0.4, 0.5) is 5.13 Å². The summed E-state index contributed by atoms with van der Waals surface area (Å²) >= 11 is 1.38. The quantitative estimate of drug-likeness (QED) is 0.567. The molecule has 3 fully saturated rings. The van der Waals surface area contributed by atoms with Gasteiger partial charge in [-0.15, -0.1) is 11.3 Å². The van der Waals surface area contributed by atoms with E-state index in [-0.39, 0.29) is 35.5 Å². The fourth-order valence-electron chi connectivity index (χ4n) is 5.40. The Labute approximate surface area is 162 Å². The average molecular weight is 378 g/mol. The number of thiazole rings is 1. The van der Waals surface area contributed by atoms with E-state index < -0.39 is 0 Å². The molecular formula is C22H22N2O2S. The molecular weight excluding hydrogens is 356 g/mol. The summed E-state index contributed by atoms with van der Waals surface area (Å²) in [5.74, 6) is 0.0771. The van der Waals surface area contributed by atoms with Crippen LogP contribution in [-0.4, -0.2) is 16.8 Å². The zero-order chi connectivity index (χ0) is 18.9. The van der Waals surface area contributed by atoms with Crippen LogP contribution in [0.1, 0.15) is 32.3 Å². The van der Waals surface area contributed by atoms with Gasteiger partial charge < -0.3 is 0 Å². The lowest BCUT2D eigenvalue weighted by molar-refractivity contribution is -0.123. The first-order valence-electron chi connectivity index (χ1n) is 9.55. The predicted molar refractivity (Wildman–Crippen MR) is 106 cm³/mol. The Morgan fingerprint density at radius 2 is 1.63 bits per heavy atom. The van der Waals surface area contributed by atoms with Crippen LogP contribution in [0.25, 0.3) is 11.3 Å². The number of fused-ring (bicyclic) bond motifs is 5. The number of nitrogens with zero attached hydrogens (tertiary/aromatic N) is 2.